The standard InChI is InChI=1S/C26H25N3O6/c1-15-10-20(16(2)29(15)18-8-9-22-23(12-18)35-14-34-22)21(30)13-28-24(31)26(3,27-25(28)32)17-6-5-7-19(11-17)33-4/h5-12H,13-14H2,1-4H3,(H,27,32). The number of ether oxygens (including phenoxy) is 3. The fourth-order valence-corrected chi connectivity index (χ4v) is 4.67. The molecule has 2 aromatic carbocycles. The third kappa shape index (κ3) is 3.60. The molecule has 1 fully saturated rings. The molecule has 35 heavy (non-hydrogen) atoms. The first-order valence-electron chi connectivity index (χ1n) is 11.1. The predicted molar refractivity (Wildman–Crippen MR) is 126 cm³/mol. The number of hydrogen-bond donors (Lipinski definition) is 1. The summed E-state index contributed by atoms with van der Waals surface area (Å²) in [6.07, 6.45) is 0. The van der Waals surface area contributed by atoms with Gasteiger partial charge in [-0.25, -0.2) is 4.79 Å². The molecule has 0 bridgehead atoms. The van der Waals surface area contributed by atoms with Crippen LogP contribution in [0.5, 0.6) is 17.2 Å². The molecule has 5 rings (SSSR count). The monoisotopic (exact) mass is 475 g/mol. The molecule has 0 saturated carbocycles. The Hall–Kier alpha value is -4.27. The summed E-state index contributed by atoms with van der Waals surface area (Å²) in [5.41, 5.74) is 2.08. The van der Waals surface area contributed by atoms with Crippen LogP contribution in [-0.2, 0) is 10.3 Å². The summed E-state index contributed by atoms with van der Waals surface area (Å²) in [7, 11) is 1.53. The van der Waals surface area contributed by atoms with E-state index in [1.54, 1.807) is 37.3 Å². The average molecular weight is 476 g/mol. The predicted octanol–water partition coefficient (Wildman–Crippen LogP) is 3.48. The van der Waals surface area contributed by atoms with Crippen molar-refractivity contribution >= 4 is 17.7 Å². The van der Waals surface area contributed by atoms with Gasteiger partial charge in [-0.05, 0) is 56.7 Å². The van der Waals surface area contributed by atoms with Crippen molar-refractivity contribution in [1.29, 1.82) is 0 Å². The number of Topliss-reactive ketones (excluding diaryl/α,β-unsaturated/α-hetero) is 1. The minimum Gasteiger partial charge on any atom is -0.497 e. The van der Waals surface area contributed by atoms with Gasteiger partial charge in [0, 0.05) is 28.7 Å². The van der Waals surface area contributed by atoms with Crippen LogP contribution in [0.1, 0.15) is 34.2 Å². The maximum atomic E-state index is 13.3. The number of fused-ring (bicyclic) bond motifs is 1. The summed E-state index contributed by atoms with van der Waals surface area (Å²) in [5.74, 6) is 1.05. The van der Waals surface area contributed by atoms with Gasteiger partial charge in [-0.1, -0.05) is 12.1 Å². The van der Waals surface area contributed by atoms with E-state index in [1.165, 1.54) is 7.11 Å². The fourth-order valence-electron chi connectivity index (χ4n) is 4.67. The average Bonchev–Trinajstić information content (AvgIpc) is 3.50. The first-order chi connectivity index (χ1) is 16.7. The molecule has 3 amide bonds. The number of urea groups is 1. The van der Waals surface area contributed by atoms with Gasteiger partial charge in [0.2, 0.25) is 6.79 Å². The molecule has 3 aromatic rings. The summed E-state index contributed by atoms with van der Waals surface area (Å²) < 4.78 is 18.0. The lowest BCUT2D eigenvalue weighted by Gasteiger charge is -2.22. The highest BCUT2D eigenvalue weighted by Gasteiger charge is 2.49. The largest absolute Gasteiger partial charge is 0.497 e. The zero-order chi connectivity index (χ0) is 24.9. The number of aryl methyl sites for hydroxylation is 1. The first-order valence-corrected chi connectivity index (χ1v) is 11.1. The Morgan fingerprint density at radius 1 is 1.09 bits per heavy atom. The van der Waals surface area contributed by atoms with E-state index < -0.39 is 17.5 Å². The van der Waals surface area contributed by atoms with Gasteiger partial charge in [-0.3, -0.25) is 14.5 Å². The summed E-state index contributed by atoms with van der Waals surface area (Å²) >= 11 is 0. The number of carbonyl (C=O) groups is 3. The second-order valence-electron chi connectivity index (χ2n) is 8.76. The lowest BCUT2D eigenvalue weighted by atomic mass is 9.92. The van der Waals surface area contributed by atoms with Crippen LogP contribution in [0.15, 0.2) is 48.5 Å². The zero-order valence-electron chi connectivity index (χ0n) is 19.9. The molecular formula is C26H25N3O6. The van der Waals surface area contributed by atoms with E-state index in [0.717, 1.165) is 16.3 Å². The second-order valence-corrected chi connectivity index (χ2v) is 8.76. The van der Waals surface area contributed by atoms with Crippen molar-refractivity contribution in [3.05, 3.63) is 71.0 Å². The molecule has 3 heterocycles. The Balaban J connectivity index is 1.41. The number of amides is 3. The van der Waals surface area contributed by atoms with E-state index >= 15 is 0 Å². The number of imide groups is 1. The molecule has 180 valence electrons. The van der Waals surface area contributed by atoms with Crippen molar-refractivity contribution in [3.63, 3.8) is 0 Å². The molecule has 0 spiro atoms. The molecule has 2 aliphatic rings. The van der Waals surface area contributed by atoms with E-state index in [2.05, 4.69) is 5.32 Å². The fraction of sp³-hybridized carbons (Fsp3) is 0.269. The van der Waals surface area contributed by atoms with Gasteiger partial charge in [0.05, 0.1) is 13.7 Å². The molecule has 9 nitrogen and oxygen atoms in total. The molecule has 1 atom stereocenters. The van der Waals surface area contributed by atoms with Crippen LogP contribution < -0.4 is 19.5 Å². The van der Waals surface area contributed by atoms with E-state index in [9.17, 15) is 14.4 Å². The molecule has 1 saturated heterocycles. The number of rotatable bonds is 6. The van der Waals surface area contributed by atoms with Crippen LogP contribution in [0, 0.1) is 13.8 Å². The smallest absolute Gasteiger partial charge is 0.325 e. The molecule has 2 aliphatic heterocycles. The lowest BCUT2D eigenvalue weighted by Crippen LogP contribution is -2.41. The molecule has 9 heteroatoms. The third-order valence-electron chi connectivity index (χ3n) is 6.57. The summed E-state index contributed by atoms with van der Waals surface area (Å²) in [5, 5.41) is 2.73. The number of hydrogen-bond acceptors (Lipinski definition) is 6. The van der Waals surface area contributed by atoms with Crippen LogP contribution in [-0.4, -0.2) is 47.6 Å². The highest BCUT2D eigenvalue weighted by molar-refractivity contribution is 6.11. The number of benzene rings is 2. The highest BCUT2D eigenvalue weighted by Crippen LogP contribution is 2.35. The van der Waals surface area contributed by atoms with E-state index in [0.29, 0.717) is 34.1 Å². The minimum atomic E-state index is -1.30. The van der Waals surface area contributed by atoms with Crippen molar-refractivity contribution in [2.24, 2.45) is 0 Å². The van der Waals surface area contributed by atoms with Crippen molar-refractivity contribution in [2.75, 3.05) is 20.4 Å². The Morgan fingerprint density at radius 2 is 1.86 bits per heavy atom. The van der Waals surface area contributed by atoms with Crippen molar-refractivity contribution in [3.8, 4) is 22.9 Å². The Labute approximate surface area is 202 Å². The van der Waals surface area contributed by atoms with Gasteiger partial charge in [0.25, 0.3) is 5.91 Å². The van der Waals surface area contributed by atoms with Crippen molar-refractivity contribution in [1.82, 2.24) is 14.8 Å². The number of nitrogens with one attached hydrogen (secondary N) is 1. The van der Waals surface area contributed by atoms with Gasteiger partial charge in [-0.2, -0.15) is 0 Å². The maximum Gasteiger partial charge on any atom is 0.325 e. The number of carbonyl (C=O) groups excluding carboxylic acids is 3. The van der Waals surface area contributed by atoms with E-state index in [1.807, 2.05) is 36.6 Å². The van der Waals surface area contributed by atoms with Gasteiger partial charge < -0.3 is 24.1 Å². The SMILES string of the molecule is COc1cccc(C2(C)NC(=O)N(CC(=O)c3cc(C)n(-c4ccc5c(c4)OCO5)c3C)C2=O)c1. The maximum absolute atomic E-state index is 13.3. The molecule has 0 radical (unpaired) electrons. The zero-order valence-corrected chi connectivity index (χ0v) is 19.9. The van der Waals surface area contributed by atoms with Crippen LogP contribution in [0.25, 0.3) is 5.69 Å². The van der Waals surface area contributed by atoms with Crippen LogP contribution in [0.3, 0.4) is 0 Å². The van der Waals surface area contributed by atoms with E-state index in [4.69, 9.17) is 14.2 Å². The quantitative estimate of drug-likeness (QED) is 0.433. The van der Waals surface area contributed by atoms with Gasteiger partial charge in [0.15, 0.2) is 17.3 Å². The van der Waals surface area contributed by atoms with Gasteiger partial charge >= 0.3 is 6.03 Å². The second kappa shape index (κ2) is 8.19. The first kappa shape index (κ1) is 22.5. The van der Waals surface area contributed by atoms with E-state index in [-0.39, 0.29) is 19.1 Å². The van der Waals surface area contributed by atoms with Crippen molar-refractivity contribution < 1.29 is 28.6 Å². The van der Waals surface area contributed by atoms with Crippen molar-refractivity contribution in [2.45, 2.75) is 26.3 Å². The number of ketones is 1. The number of methoxy groups -OCH3 is 1. The Morgan fingerprint density at radius 3 is 2.63 bits per heavy atom. The summed E-state index contributed by atoms with van der Waals surface area (Å²) in [6, 6.07) is 13.7. The number of nitrogens with zero attached hydrogens (tertiary/aromatic N) is 2. The van der Waals surface area contributed by atoms with Crippen LogP contribution >= 0.6 is 0 Å². The molecule has 0 aliphatic carbocycles. The Bertz CT molecular complexity index is 1380. The topological polar surface area (TPSA) is 99.1 Å². The molecule has 1 unspecified atom stereocenters. The van der Waals surface area contributed by atoms with Gasteiger partial charge in [0.1, 0.15) is 11.3 Å². The third-order valence-corrected chi connectivity index (χ3v) is 6.57. The minimum absolute atomic E-state index is 0.173. The molecule has 1 aromatic heterocycles. The number of aromatic nitrogens is 1. The summed E-state index contributed by atoms with van der Waals surface area (Å²) in [6.45, 7) is 5.15. The highest BCUT2D eigenvalue weighted by atomic mass is 16.7. The van der Waals surface area contributed by atoms with Gasteiger partial charge in [-0.15, -0.1) is 0 Å². The summed E-state index contributed by atoms with van der Waals surface area (Å²) in [4.78, 5) is 40.3. The molecule has 1 N–H and O–H groups in total. The lowest BCUT2D eigenvalue weighted by molar-refractivity contribution is -0.130. The normalized spacial score (nSPS) is 18.7. The van der Waals surface area contributed by atoms with Crippen LogP contribution in [0.4, 0.5) is 4.79 Å². The molecular weight excluding hydrogens is 450 g/mol. The van der Waals surface area contributed by atoms with Crippen LogP contribution in [0.2, 0.25) is 0 Å². The Kier molecular flexibility index (Phi) is 5.27.